The summed E-state index contributed by atoms with van der Waals surface area (Å²) < 4.78 is 13.6. The van der Waals surface area contributed by atoms with E-state index in [1.54, 1.807) is 24.3 Å². The molecule has 0 bridgehead atoms. The molecule has 0 radical (unpaired) electrons. The first-order valence-electron chi connectivity index (χ1n) is 5.90. The number of amides is 2. The Labute approximate surface area is 120 Å². The zero-order valence-electron chi connectivity index (χ0n) is 10.7. The van der Waals surface area contributed by atoms with Crippen molar-refractivity contribution < 1.29 is 9.18 Å². The normalized spacial score (nSPS) is 9.29. The summed E-state index contributed by atoms with van der Waals surface area (Å²) in [5.41, 5.74) is 0.945. The summed E-state index contributed by atoms with van der Waals surface area (Å²) in [6, 6.07) is 13.2. The van der Waals surface area contributed by atoms with Crippen LogP contribution in [-0.2, 0) is 0 Å². The number of carbonyl (C=O) groups excluding carboxylic acids is 1. The molecular weight excluding hydrogens is 271 g/mol. The Morgan fingerprint density at radius 1 is 1.00 bits per heavy atom. The molecule has 0 spiro atoms. The first-order valence-corrected chi connectivity index (χ1v) is 5.90. The fraction of sp³-hybridized carbons (Fsp3) is 0. The fourth-order valence-electron chi connectivity index (χ4n) is 1.64. The van der Waals surface area contributed by atoms with Crippen molar-refractivity contribution in [2.45, 2.75) is 0 Å². The third kappa shape index (κ3) is 3.55. The summed E-state index contributed by atoms with van der Waals surface area (Å²) in [5, 5.41) is 22.2. The molecule has 0 saturated carbocycles. The van der Waals surface area contributed by atoms with Crippen LogP contribution < -0.4 is 10.6 Å². The molecule has 0 heterocycles. The van der Waals surface area contributed by atoms with Crippen LogP contribution in [0, 0.1) is 28.5 Å². The van der Waals surface area contributed by atoms with Gasteiger partial charge in [-0.1, -0.05) is 6.07 Å². The van der Waals surface area contributed by atoms with Crippen molar-refractivity contribution >= 4 is 17.4 Å². The molecule has 0 fully saturated rings. The number of benzene rings is 2. The molecular formula is C15H9FN4O. The molecule has 102 valence electrons. The minimum absolute atomic E-state index is 0.0389. The van der Waals surface area contributed by atoms with Crippen molar-refractivity contribution in [2.24, 2.45) is 0 Å². The van der Waals surface area contributed by atoms with Gasteiger partial charge in [0.1, 0.15) is 5.82 Å². The minimum atomic E-state index is -0.699. The Balaban J connectivity index is 2.08. The van der Waals surface area contributed by atoms with Crippen LogP contribution in [0.4, 0.5) is 20.6 Å². The maximum atomic E-state index is 13.6. The van der Waals surface area contributed by atoms with Crippen LogP contribution >= 0.6 is 0 Å². The van der Waals surface area contributed by atoms with Gasteiger partial charge in [-0.2, -0.15) is 10.5 Å². The fourth-order valence-corrected chi connectivity index (χ4v) is 1.64. The predicted octanol–water partition coefficient (Wildman–Crippen LogP) is 3.21. The predicted molar refractivity (Wildman–Crippen MR) is 74.9 cm³/mol. The summed E-state index contributed by atoms with van der Waals surface area (Å²) in [6.07, 6.45) is 0. The Kier molecular flexibility index (Phi) is 4.13. The van der Waals surface area contributed by atoms with Crippen molar-refractivity contribution in [2.75, 3.05) is 10.6 Å². The van der Waals surface area contributed by atoms with Crippen LogP contribution in [0.25, 0.3) is 0 Å². The van der Waals surface area contributed by atoms with Crippen LogP contribution in [-0.4, -0.2) is 6.03 Å². The summed E-state index contributed by atoms with van der Waals surface area (Å²) in [6.45, 7) is 0. The van der Waals surface area contributed by atoms with Gasteiger partial charge in [0.25, 0.3) is 0 Å². The molecule has 2 aromatic rings. The molecule has 0 aliphatic carbocycles. The van der Waals surface area contributed by atoms with Gasteiger partial charge in [0, 0.05) is 5.69 Å². The summed E-state index contributed by atoms with van der Waals surface area (Å²) in [5.74, 6) is -0.699. The van der Waals surface area contributed by atoms with E-state index in [2.05, 4.69) is 10.6 Å². The van der Waals surface area contributed by atoms with E-state index in [9.17, 15) is 9.18 Å². The SMILES string of the molecule is N#Cc1cccc(NC(=O)Nc2ccc(C#N)cc2F)c1. The standard InChI is InChI=1S/C15H9FN4O/c16-13-7-11(9-18)4-5-14(13)20-15(21)19-12-3-1-2-10(6-12)8-17/h1-7H,(H2,19,20,21). The molecule has 2 rings (SSSR count). The van der Waals surface area contributed by atoms with Crippen LogP contribution in [0.2, 0.25) is 0 Å². The number of hydrogen-bond donors (Lipinski definition) is 2. The zero-order valence-corrected chi connectivity index (χ0v) is 10.7. The molecule has 21 heavy (non-hydrogen) atoms. The second kappa shape index (κ2) is 6.18. The molecule has 6 heteroatoms. The quantitative estimate of drug-likeness (QED) is 0.885. The molecule has 0 aromatic heterocycles. The monoisotopic (exact) mass is 280 g/mol. The molecule has 0 saturated heterocycles. The lowest BCUT2D eigenvalue weighted by molar-refractivity contribution is 0.262. The third-order valence-corrected chi connectivity index (χ3v) is 2.60. The van der Waals surface area contributed by atoms with Gasteiger partial charge in [0.2, 0.25) is 0 Å². The number of halogens is 1. The Hall–Kier alpha value is -3.38. The highest BCUT2D eigenvalue weighted by atomic mass is 19.1. The van der Waals surface area contributed by atoms with Crippen LogP contribution in [0.3, 0.4) is 0 Å². The van der Waals surface area contributed by atoms with Gasteiger partial charge < -0.3 is 10.6 Å². The number of nitrogens with one attached hydrogen (secondary N) is 2. The number of hydrogen-bond acceptors (Lipinski definition) is 3. The van der Waals surface area contributed by atoms with Crippen molar-refractivity contribution in [3.8, 4) is 12.1 Å². The summed E-state index contributed by atoms with van der Waals surface area (Å²) >= 11 is 0. The molecule has 2 N–H and O–H groups in total. The smallest absolute Gasteiger partial charge is 0.308 e. The van der Waals surface area contributed by atoms with Crippen molar-refractivity contribution in [1.29, 1.82) is 10.5 Å². The van der Waals surface area contributed by atoms with E-state index in [0.29, 0.717) is 11.3 Å². The number of urea groups is 1. The van der Waals surface area contributed by atoms with E-state index in [0.717, 1.165) is 6.07 Å². The van der Waals surface area contributed by atoms with Gasteiger partial charge in [0.05, 0.1) is 29.0 Å². The maximum absolute atomic E-state index is 13.6. The topological polar surface area (TPSA) is 88.7 Å². The van der Waals surface area contributed by atoms with E-state index in [1.165, 1.54) is 18.2 Å². The molecule has 2 aromatic carbocycles. The number of nitriles is 2. The number of anilines is 2. The van der Waals surface area contributed by atoms with Crippen molar-refractivity contribution in [3.63, 3.8) is 0 Å². The Morgan fingerprint density at radius 3 is 2.38 bits per heavy atom. The highest BCUT2D eigenvalue weighted by Gasteiger charge is 2.08. The zero-order chi connectivity index (χ0) is 15.2. The molecule has 0 unspecified atom stereocenters. The van der Waals surface area contributed by atoms with Crippen LogP contribution in [0.1, 0.15) is 11.1 Å². The lowest BCUT2D eigenvalue weighted by atomic mass is 10.2. The van der Waals surface area contributed by atoms with Gasteiger partial charge >= 0.3 is 6.03 Å². The highest BCUT2D eigenvalue weighted by Crippen LogP contribution is 2.16. The van der Waals surface area contributed by atoms with E-state index in [1.807, 2.05) is 6.07 Å². The summed E-state index contributed by atoms with van der Waals surface area (Å²) in [7, 11) is 0. The summed E-state index contributed by atoms with van der Waals surface area (Å²) in [4.78, 5) is 11.8. The highest BCUT2D eigenvalue weighted by molar-refractivity contribution is 5.99. The van der Waals surface area contributed by atoms with Crippen LogP contribution in [0.15, 0.2) is 42.5 Å². The number of nitrogens with zero attached hydrogens (tertiary/aromatic N) is 2. The lowest BCUT2D eigenvalue weighted by Gasteiger charge is -2.08. The van der Waals surface area contributed by atoms with E-state index in [4.69, 9.17) is 10.5 Å². The van der Waals surface area contributed by atoms with Gasteiger partial charge in [-0.25, -0.2) is 9.18 Å². The second-order valence-electron chi connectivity index (χ2n) is 4.08. The molecule has 0 atom stereocenters. The Morgan fingerprint density at radius 2 is 1.71 bits per heavy atom. The third-order valence-electron chi connectivity index (χ3n) is 2.60. The largest absolute Gasteiger partial charge is 0.323 e. The molecule has 5 nitrogen and oxygen atoms in total. The molecule has 0 aliphatic heterocycles. The van der Waals surface area contributed by atoms with E-state index < -0.39 is 11.8 Å². The van der Waals surface area contributed by atoms with Gasteiger partial charge in [-0.3, -0.25) is 0 Å². The molecule has 0 aliphatic rings. The first-order chi connectivity index (χ1) is 10.1. The van der Waals surface area contributed by atoms with Crippen molar-refractivity contribution in [3.05, 3.63) is 59.4 Å². The molecule has 2 amide bonds. The van der Waals surface area contributed by atoms with Crippen LogP contribution in [0.5, 0.6) is 0 Å². The second-order valence-corrected chi connectivity index (χ2v) is 4.08. The number of carbonyl (C=O) groups is 1. The van der Waals surface area contributed by atoms with E-state index in [-0.39, 0.29) is 11.3 Å². The average molecular weight is 280 g/mol. The lowest BCUT2D eigenvalue weighted by Crippen LogP contribution is -2.20. The van der Waals surface area contributed by atoms with Gasteiger partial charge in [-0.15, -0.1) is 0 Å². The van der Waals surface area contributed by atoms with Gasteiger partial charge in [-0.05, 0) is 36.4 Å². The maximum Gasteiger partial charge on any atom is 0.323 e. The van der Waals surface area contributed by atoms with Gasteiger partial charge in [0.15, 0.2) is 0 Å². The Bertz CT molecular complexity index is 774. The van der Waals surface area contributed by atoms with E-state index >= 15 is 0 Å². The number of rotatable bonds is 2. The average Bonchev–Trinajstić information content (AvgIpc) is 2.49. The van der Waals surface area contributed by atoms with Crippen molar-refractivity contribution in [1.82, 2.24) is 0 Å². The minimum Gasteiger partial charge on any atom is -0.308 e. The first kappa shape index (κ1) is 14.0.